The van der Waals surface area contributed by atoms with E-state index < -0.39 is 0 Å². The fraction of sp³-hybridized carbons (Fsp3) is 0.182. The van der Waals surface area contributed by atoms with Crippen molar-refractivity contribution < 1.29 is 0 Å². The largest absolute Gasteiger partial charge is 0.295 e. The Morgan fingerprint density at radius 3 is 2.80 bits per heavy atom. The highest BCUT2D eigenvalue weighted by molar-refractivity contribution is 6.16. The van der Waals surface area contributed by atoms with E-state index in [4.69, 9.17) is 5.26 Å². The molecule has 0 saturated heterocycles. The van der Waals surface area contributed by atoms with Gasteiger partial charge in [-0.1, -0.05) is 0 Å². The third-order valence-electron chi connectivity index (χ3n) is 1.83. The minimum atomic E-state index is 0.650. The standard InChI is InChI=1S/C11H12N4/c1-9-7-10(8-12)3-4-11(9)15-14-6-5-13-2/h3-7,15H,1-2H3/b13-5-,14-6-. The zero-order valence-electron chi connectivity index (χ0n) is 8.73. The molecule has 1 rings (SSSR count). The summed E-state index contributed by atoms with van der Waals surface area (Å²) in [5.74, 6) is 0. The lowest BCUT2D eigenvalue weighted by Gasteiger charge is -2.03. The number of hydrogen-bond acceptors (Lipinski definition) is 4. The second-order valence-electron chi connectivity index (χ2n) is 2.94. The number of hydrogen-bond donors (Lipinski definition) is 1. The lowest BCUT2D eigenvalue weighted by Crippen LogP contribution is -1.93. The van der Waals surface area contributed by atoms with Gasteiger partial charge in [0.15, 0.2) is 0 Å². The minimum Gasteiger partial charge on any atom is -0.295 e. The molecule has 0 aliphatic heterocycles. The highest BCUT2D eigenvalue weighted by Crippen LogP contribution is 2.15. The van der Waals surface area contributed by atoms with Crippen LogP contribution < -0.4 is 5.43 Å². The number of aryl methyl sites for hydroxylation is 1. The topological polar surface area (TPSA) is 60.5 Å². The van der Waals surface area contributed by atoms with Gasteiger partial charge in [0.05, 0.1) is 23.5 Å². The lowest BCUT2D eigenvalue weighted by molar-refractivity contribution is 1.31. The van der Waals surface area contributed by atoms with Gasteiger partial charge in [0.2, 0.25) is 0 Å². The molecule has 0 radical (unpaired) electrons. The monoisotopic (exact) mass is 200 g/mol. The Kier molecular flexibility index (Phi) is 4.05. The summed E-state index contributed by atoms with van der Waals surface area (Å²) in [6, 6.07) is 7.47. The van der Waals surface area contributed by atoms with Gasteiger partial charge in [0.1, 0.15) is 0 Å². The molecule has 1 aromatic carbocycles. The number of benzene rings is 1. The molecule has 0 spiro atoms. The van der Waals surface area contributed by atoms with E-state index in [1.54, 1.807) is 25.5 Å². The maximum atomic E-state index is 8.68. The molecule has 0 amide bonds. The molecular formula is C11H12N4. The molecule has 4 nitrogen and oxygen atoms in total. The van der Waals surface area contributed by atoms with Crippen molar-refractivity contribution >= 4 is 18.1 Å². The highest BCUT2D eigenvalue weighted by Gasteiger charge is 1.97. The number of rotatable bonds is 3. The summed E-state index contributed by atoms with van der Waals surface area (Å²) in [5.41, 5.74) is 5.39. The van der Waals surface area contributed by atoms with Crippen molar-refractivity contribution in [1.29, 1.82) is 5.26 Å². The Labute approximate surface area is 89.0 Å². The van der Waals surface area contributed by atoms with E-state index >= 15 is 0 Å². The average Bonchev–Trinajstić information content (AvgIpc) is 2.26. The molecule has 4 heteroatoms. The van der Waals surface area contributed by atoms with Gasteiger partial charge in [-0.05, 0) is 30.7 Å². The van der Waals surface area contributed by atoms with Gasteiger partial charge in [-0.15, -0.1) is 0 Å². The van der Waals surface area contributed by atoms with Crippen LogP contribution in [-0.4, -0.2) is 19.5 Å². The Bertz CT molecular complexity index is 427. The number of hydrazone groups is 1. The molecule has 0 aliphatic rings. The predicted octanol–water partition coefficient (Wildman–Crippen LogP) is 1.96. The first kappa shape index (κ1) is 10.9. The van der Waals surface area contributed by atoms with Crippen LogP contribution in [0.3, 0.4) is 0 Å². The van der Waals surface area contributed by atoms with Crippen LogP contribution in [0.4, 0.5) is 5.69 Å². The van der Waals surface area contributed by atoms with E-state index in [2.05, 4.69) is 21.6 Å². The zero-order valence-corrected chi connectivity index (χ0v) is 8.73. The smallest absolute Gasteiger partial charge is 0.0991 e. The molecule has 0 unspecified atom stereocenters. The molecule has 0 aliphatic carbocycles. The molecule has 0 bridgehead atoms. The molecule has 0 heterocycles. The van der Waals surface area contributed by atoms with Gasteiger partial charge in [0, 0.05) is 13.3 Å². The summed E-state index contributed by atoms with van der Waals surface area (Å²) in [6.07, 6.45) is 3.16. The molecule has 0 fully saturated rings. The summed E-state index contributed by atoms with van der Waals surface area (Å²) >= 11 is 0. The van der Waals surface area contributed by atoms with Crippen LogP contribution in [0, 0.1) is 18.3 Å². The van der Waals surface area contributed by atoms with E-state index in [1.807, 2.05) is 19.1 Å². The molecule has 76 valence electrons. The van der Waals surface area contributed by atoms with Crippen LogP contribution >= 0.6 is 0 Å². The first-order valence-corrected chi connectivity index (χ1v) is 4.48. The third-order valence-corrected chi connectivity index (χ3v) is 1.83. The van der Waals surface area contributed by atoms with Crippen molar-refractivity contribution in [3.63, 3.8) is 0 Å². The zero-order chi connectivity index (χ0) is 11.1. The highest BCUT2D eigenvalue weighted by atomic mass is 15.3. The SMILES string of the molecule is C/N=C\C=N/Nc1ccc(C#N)cc1C. The van der Waals surface area contributed by atoms with Gasteiger partial charge in [-0.2, -0.15) is 10.4 Å². The maximum Gasteiger partial charge on any atom is 0.0991 e. The van der Waals surface area contributed by atoms with E-state index in [0.29, 0.717) is 5.56 Å². The first-order chi connectivity index (χ1) is 7.27. The number of nitrogens with zero attached hydrogens (tertiary/aromatic N) is 3. The predicted molar refractivity (Wildman–Crippen MR) is 62.4 cm³/mol. The Hall–Kier alpha value is -2.15. The van der Waals surface area contributed by atoms with Crippen molar-refractivity contribution in [2.75, 3.05) is 12.5 Å². The fourth-order valence-electron chi connectivity index (χ4n) is 1.07. The molecular weight excluding hydrogens is 188 g/mol. The molecule has 0 aromatic heterocycles. The average molecular weight is 200 g/mol. The Balaban J connectivity index is 2.75. The summed E-state index contributed by atoms with van der Waals surface area (Å²) in [4.78, 5) is 3.76. The Morgan fingerprint density at radius 1 is 1.40 bits per heavy atom. The number of nitriles is 1. The summed E-state index contributed by atoms with van der Waals surface area (Å²) in [5, 5.41) is 12.6. The van der Waals surface area contributed by atoms with Gasteiger partial charge in [-0.3, -0.25) is 10.4 Å². The number of anilines is 1. The maximum absolute atomic E-state index is 8.68. The quantitative estimate of drug-likeness (QED) is 0.599. The lowest BCUT2D eigenvalue weighted by atomic mass is 10.1. The first-order valence-electron chi connectivity index (χ1n) is 4.48. The second-order valence-corrected chi connectivity index (χ2v) is 2.94. The molecule has 15 heavy (non-hydrogen) atoms. The van der Waals surface area contributed by atoms with Gasteiger partial charge < -0.3 is 0 Å². The van der Waals surface area contributed by atoms with Gasteiger partial charge in [0.25, 0.3) is 0 Å². The molecule has 1 aromatic rings. The van der Waals surface area contributed by atoms with Crippen molar-refractivity contribution in [2.45, 2.75) is 6.92 Å². The molecule has 0 saturated carbocycles. The van der Waals surface area contributed by atoms with Crippen LogP contribution in [-0.2, 0) is 0 Å². The van der Waals surface area contributed by atoms with Crippen molar-refractivity contribution in [1.82, 2.24) is 0 Å². The molecule has 0 atom stereocenters. The summed E-state index contributed by atoms with van der Waals surface area (Å²) < 4.78 is 0. The number of aliphatic imine (C=N–C) groups is 1. The Morgan fingerprint density at radius 2 is 2.20 bits per heavy atom. The summed E-state index contributed by atoms with van der Waals surface area (Å²) in [7, 11) is 1.68. The van der Waals surface area contributed by atoms with Gasteiger partial charge >= 0.3 is 0 Å². The van der Waals surface area contributed by atoms with Crippen molar-refractivity contribution in [3.05, 3.63) is 29.3 Å². The third kappa shape index (κ3) is 3.24. The summed E-state index contributed by atoms with van der Waals surface area (Å²) in [6.45, 7) is 1.92. The van der Waals surface area contributed by atoms with Crippen LogP contribution in [0.1, 0.15) is 11.1 Å². The molecule has 1 N–H and O–H groups in total. The van der Waals surface area contributed by atoms with E-state index in [0.717, 1.165) is 11.3 Å². The van der Waals surface area contributed by atoms with E-state index in [1.165, 1.54) is 0 Å². The van der Waals surface area contributed by atoms with Crippen LogP contribution in [0.5, 0.6) is 0 Å². The van der Waals surface area contributed by atoms with E-state index in [9.17, 15) is 0 Å². The van der Waals surface area contributed by atoms with Crippen molar-refractivity contribution in [2.24, 2.45) is 10.1 Å². The van der Waals surface area contributed by atoms with Crippen LogP contribution in [0.25, 0.3) is 0 Å². The fourth-order valence-corrected chi connectivity index (χ4v) is 1.07. The van der Waals surface area contributed by atoms with Crippen molar-refractivity contribution in [3.8, 4) is 6.07 Å². The second kappa shape index (κ2) is 5.55. The van der Waals surface area contributed by atoms with Crippen LogP contribution in [0.2, 0.25) is 0 Å². The van der Waals surface area contributed by atoms with Gasteiger partial charge in [-0.25, -0.2) is 0 Å². The minimum absolute atomic E-state index is 0.650. The number of nitrogens with one attached hydrogen (secondary N) is 1. The van der Waals surface area contributed by atoms with E-state index in [-0.39, 0.29) is 0 Å². The normalized spacial score (nSPS) is 10.7. The van der Waals surface area contributed by atoms with Crippen LogP contribution in [0.15, 0.2) is 28.3 Å².